The lowest BCUT2D eigenvalue weighted by atomic mass is 9.95. The van der Waals surface area contributed by atoms with Crippen LogP contribution in [0.1, 0.15) is 42.8 Å². The molecule has 0 saturated carbocycles. The van der Waals surface area contributed by atoms with Gasteiger partial charge in [-0.25, -0.2) is 0 Å². The van der Waals surface area contributed by atoms with Crippen LogP contribution < -0.4 is 5.32 Å². The zero-order chi connectivity index (χ0) is 14.8. The number of furan rings is 1. The number of carbonyl (C=O) groups excluding carboxylic acids is 1. The normalized spacial score (nSPS) is 11.8. The van der Waals surface area contributed by atoms with Crippen molar-refractivity contribution in [1.82, 2.24) is 5.32 Å². The van der Waals surface area contributed by atoms with E-state index in [2.05, 4.69) is 35.1 Å². The van der Waals surface area contributed by atoms with Gasteiger partial charge in [0.15, 0.2) is 5.76 Å². The van der Waals surface area contributed by atoms with Crippen molar-refractivity contribution < 1.29 is 9.21 Å². The van der Waals surface area contributed by atoms with Gasteiger partial charge in [-0.1, -0.05) is 41.4 Å². The highest BCUT2D eigenvalue weighted by Gasteiger charge is 2.28. The zero-order valence-electron chi connectivity index (χ0n) is 12.1. The summed E-state index contributed by atoms with van der Waals surface area (Å²) in [6.07, 6.45) is 1.75. The van der Waals surface area contributed by atoms with Crippen LogP contribution in [0.4, 0.5) is 0 Å². The Balaban J connectivity index is 2.27. The molecule has 1 amide bonds. The molecule has 0 fully saturated rings. The van der Waals surface area contributed by atoms with Gasteiger partial charge in [0.1, 0.15) is 5.58 Å². The lowest BCUT2D eigenvalue weighted by Crippen LogP contribution is -2.49. The molecule has 2 aromatic rings. The summed E-state index contributed by atoms with van der Waals surface area (Å²) in [5, 5.41) is 4.79. The Bertz CT molecular complexity index is 606. The number of carbonyl (C=O) groups is 1. The van der Waals surface area contributed by atoms with Crippen LogP contribution in [0.3, 0.4) is 0 Å². The number of hydrogen-bond donors (Lipinski definition) is 1. The average molecular weight is 338 g/mol. The van der Waals surface area contributed by atoms with Gasteiger partial charge < -0.3 is 9.73 Å². The summed E-state index contributed by atoms with van der Waals surface area (Å²) in [6, 6.07) is 7.71. The second kappa shape index (κ2) is 6.00. The van der Waals surface area contributed by atoms with E-state index in [0.717, 1.165) is 34.7 Å². The summed E-state index contributed by atoms with van der Waals surface area (Å²) in [6.45, 7) is 6.18. The van der Waals surface area contributed by atoms with Crippen LogP contribution in [0.25, 0.3) is 11.0 Å². The molecule has 4 heteroatoms. The first-order valence-electron chi connectivity index (χ1n) is 6.92. The van der Waals surface area contributed by atoms with Gasteiger partial charge in [-0.3, -0.25) is 4.79 Å². The van der Waals surface area contributed by atoms with Crippen molar-refractivity contribution in [3.05, 3.63) is 35.6 Å². The van der Waals surface area contributed by atoms with E-state index in [4.69, 9.17) is 4.42 Å². The van der Waals surface area contributed by atoms with Crippen LogP contribution in [0.15, 0.2) is 28.7 Å². The Hall–Kier alpha value is -1.29. The smallest absolute Gasteiger partial charge is 0.287 e. The standard InChI is InChI=1S/C16H20BrNO2/c1-4-16(5-2,10-17)18-15(19)14-9-12-8-11(3)6-7-13(12)20-14/h6-9H,4-5,10H2,1-3H3,(H,18,19). The van der Waals surface area contributed by atoms with E-state index in [9.17, 15) is 4.79 Å². The molecule has 1 aromatic carbocycles. The number of amides is 1. The summed E-state index contributed by atoms with van der Waals surface area (Å²) in [4.78, 5) is 12.4. The van der Waals surface area contributed by atoms with Gasteiger partial charge in [0, 0.05) is 16.3 Å². The van der Waals surface area contributed by atoms with Crippen molar-refractivity contribution >= 4 is 32.8 Å². The first kappa shape index (κ1) is 15.1. The Morgan fingerprint density at radius 2 is 2.00 bits per heavy atom. The Morgan fingerprint density at radius 1 is 1.30 bits per heavy atom. The number of nitrogens with one attached hydrogen (secondary N) is 1. The third-order valence-electron chi connectivity index (χ3n) is 3.88. The maximum absolute atomic E-state index is 12.4. The molecule has 0 saturated heterocycles. The number of halogens is 1. The second-order valence-electron chi connectivity index (χ2n) is 5.23. The molecular weight excluding hydrogens is 318 g/mol. The summed E-state index contributed by atoms with van der Waals surface area (Å²) < 4.78 is 5.64. The largest absolute Gasteiger partial charge is 0.451 e. The van der Waals surface area contributed by atoms with E-state index in [1.54, 1.807) is 0 Å². The minimum absolute atomic E-state index is 0.151. The van der Waals surface area contributed by atoms with Crippen LogP contribution in [-0.4, -0.2) is 16.8 Å². The van der Waals surface area contributed by atoms with E-state index in [0.29, 0.717) is 5.76 Å². The molecule has 1 aromatic heterocycles. The van der Waals surface area contributed by atoms with Gasteiger partial charge in [-0.2, -0.15) is 0 Å². The third-order valence-corrected chi connectivity index (χ3v) is 4.96. The SMILES string of the molecule is CCC(CC)(CBr)NC(=O)c1cc2cc(C)ccc2o1. The van der Waals surface area contributed by atoms with Crippen LogP contribution in [0, 0.1) is 6.92 Å². The summed E-state index contributed by atoms with van der Waals surface area (Å²) in [5.41, 5.74) is 1.69. The van der Waals surface area contributed by atoms with E-state index >= 15 is 0 Å². The monoisotopic (exact) mass is 337 g/mol. The fourth-order valence-electron chi connectivity index (χ4n) is 2.23. The molecule has 108 valence electrons. The molecular formula is C16H20BrNO2. The van der Waals surface area contributed by atoms with Crippen molar-refractivity contribution in [1.29, 1.82) is 0 Å². The van der Waals surface area contributed by atoms with Crippen LogP contribution in [0.2, 0.25) is 0 Å². The van der Waals surface area contributed by atoms with E-state index in [-0.39, 0.29) is 11.4 Å². The number of aryl methyl sites for hydroxylation is 1. The molecule has 0 radical (unpaired) electrons. The lowest BCUT2D eigenvalue weighted by Gasteiger charge is -2.30. The summed E-state index contributed by atoms with van der Waals surface area (Å²) in [7, 11) is 0. The number of fused-ring (bicyclic) bond motifs is 1. The van der Waals surface area contributed by atoms with Crippen molar-refractivity contribution in [2.24, 2.45) is 0 Å². The van der Waals surface area contributed by atoms with Crippen LogP contribution in [-0.2, 0) is 0 Å². The molecule has 0 atom stereocenters. The van der Waals surface area contributed by atoms with Crippen molar-refractivity contribution in [3.8, 4) is 0 Å². The number of hydrogen-bond acceptors (Lipinski definition) is 2. The molecule has 1 heterocycles. The lowest BCUT2D eigenvalue weighted by molar-refractivity contribution is 0.0877. The van der Waals surface area contributed by atoms with Gasteiger partial charge in [-0.15, -0.1) is 0 Å². The minimum atomic E-state index is -0.216. The molecule has 0 unspecified atom stereocenters. The van der Waals surface area contributed by atoms with Gasteiger partial charge in [0.05, 0.1) is 0 Å². The van der Waals surface area contributed by atoms with Crippen LogP contribution >= 0.6 is 15.9 Å². The van der Waals surface area contributed by atoms with Gasteiger partial charge in [0.2, 0.25) is 0 Å². The summed E-state index contributed by atoms with van der Waals surface area (Å²) in [5.74, 6) is 0.222. The van der Waals surface area contributed by atoms with Gasteiger partial charge in [0.25, 0.3) is 5.91 Å². The molecule has 0 aliphatic rings. The van der Waals surface area contributed by atoms with Gasteiger partial charge in [-0.05, 0) is 38.0 Å². The molecule has 3 nitrogen and oxygen atoms in total. The van der Waals surface area contributed by atoms with Crippen LogP contribution in [0.5, 0.6) is 0 Å². The predicted octanol–water partition coefficient (Wildman–Crippen LogP) is 4.42. The van der Waals surface area contributed by atoms with Crippen molar-refractivity contribution in [2.75, 3.05) is 5.33 Å². The Kier molecular flexibility index (Phi) is 4.53. The fraction of sp³-hybridized carbons (Fsp3) is 0.438. The first-order chi connectivity index (χ1) is 9.53. The summed E-state index contributed by atoms with van der Waals surface area (Å²) >= 11 is 3.49. The molecule has 0 aliphatic carbocycles. The molecule has 0 spiro atoms. The molecule has 1 N–H and O–H groups in total. The van der Waals surface area contributed by atoms with E-state index in [1.165, 1.54) is 0 Å². The highest BCUT2D eigenvalue weighted by atomic mass is 79.9. The molecule has 0 bridgehead atoms. The van der Waals surface area contributed by atoms with E-state index in [1.807, 2.05) is 31.2 Å². The maximum Gasteiger partial charge on any atom is 0.287 e. The number of benzene rings is 1. The van der Waals surface area contributed by atoms with E-state index < -0.39 is 0 Å². The predicted molar refractivity (Wildman–Crippen MR) is 85.5 cm³/mol. The number of alkyl halides is 1. The first-order valence-corrected chi connectivity index (χ1v) is 8.04. The zero-order valence-corrected chi connectivity index (χ0v) is 13.7. The maximum atomic E-state index is 12.4. The third kappa shape index (κ3) is 2.90. The number of rotatable bonds is 5. The molecule has 0 aliphatic heterocycles. The van der Waals surface area contributed by atoms with Crippen molar-refractivity contribution in [3.63, 3.8) is 0 Å². The topological polar surface area (TPSA) is 42.2 Å². The highest BCUT2D eigenvalue weighted by Crippen LogP contribution is 2.23. The molecule has 20 heavy (non-hydrogen) atoms. The highest BCUT2D eigenvalue weighted by molar-refractivity contribution is 9.09. The van der Waals surface area contributed by atoms with Crippen molar-refractivity contribution in [2.45, 2.75) is 39.2 Å². The minimum Gasteiger partial charge on any atom is -0.451 e. The fourth-order valence-corrected chi connectivity index (χ4v) is 3.16. The quantitative estimate of drug-likeness (QED) is 0.820. The average Bonchev–Trinajstić information content (AvgIpc) is 2.88. The Morgan fingerprint density at radius 3 is 2.60 bits per heavy atom. The second-order valence-corrected chi connectivity index (χ2v) is 5.79. The Labute approximate surface area is 127 Å². The van der Waals surface area contributed by atoms with Gasteiger partial charge >= 0.3 is 0 Å². The molecule has 2 rings (SSSR count).